The fourth-order valence-corrected chi connectivity index (χ4v) is 2.83. The minimum atomic E-state index is -4.48. The first-order valence-electron chi connectivity index (χ1n) is 8.91. The third kappa shape index (κ3) is 21.7. The van der Waals surface area contributed by atoms with E-state index < -0.39 is 16.5 Å². The Labute approximate surface area is 152 Å². The molecule has 0 amide bonds. The second-order valence-corrected chi connectivity index (χ2v) is 6.87. The van der Waals surface area contributed by atoms with E-state index in [1.807, 2.05) is 0 Å². The first kappa shape index (κ1) is 26.9. The van der Waals surface area contributed by atoms with Crippen LogP contribution in [0.1, 0.15) is 64.7 Å². The molecular formula is C16H36O8S. The predicted molar refractivity (Wildman–Crippen MR) is 96.0 cm³/mol. The lowest BCUT2D eigenvalue weighted by atomic mass is 10.1. The highest BCUT2D eigenvalue weighted by molar-refractivity contribution is 7.80. The molecule has 0 aliphatic heterocycles. The van der Waals surface area contributed by atoms with Crippen LogP contribution >= 0.6 is 0 Å². The van der Waals surface area contributed by atoms with Gasteiger partial charge >= 0.3 is 10.4 Å². The molecule has 0 rings (SSSR count). The van der Waals surface area contributed by atoms with Crippen molar-refractivity contribution in [2.75, 3.05) is 33.0 Å². The zero-order valence-electron chi connectivity index (χ0n) is 15.3. The van der Waals surface area contributed by atoms with E-state index in [1.165, 1.54) is 32.1 Å². The molecule has 0 fully saturated rings. The summed E-state index contributed by atoms with van der Waals surface area (Å²) < 4.78 is 45.6. The Morgan fingerprint density at radius 2 is 1.44 bits per heavy atom. The molecule has 0 spiro atoms. The first-order valence-corrected chi connectivity index (χ1v) is 10.3. The smallest absolute Gasteiger partial charge is 0.397 e. The number of aliphatic hydroxyl groups is 1. The summed E-state index contributed by atoms with van der Waals surface area (Å²) in [5.41, 5.74) is 0. The van der Waals surface area contributed by atoms with Crippen LogP contribution in [-0.4, -0.2) is 62.7 Å². The van der Waals surface area contributed by atoms with E-state index in [0.717, 1.165) is 19.3 Å². The molecule has 1 unspecified atom stereocenters. The molecule has 0 bridgehead atoms. The van der Waals surface area contributed by atoms with Crippen LogP contribution in [0.25, 0.3) is 0 Å². The van der Waals surface area contributed by atoms with Gasteiger partial charge in [0.2, 0.25) is 0 Å². The first-order chi connectivity index (χ1) is 11.5. The lowest BCUT2D eigenvalue weighted by Gasteiger charge is -2.15. The van der Waals surface area contributed by atoms with Gasteiger partial charge in [0.05, 0.1) is 33.0 Å². The van der Waals surface area contributed by atoms with Crippen molar-refractivity contribution in [1.82, 2.24) is 0 Å². The molecule has 0 saturated carbocycles. The van der Waals surface area contributed by atoms with E-state index in [4.69, 9.17) is 19.1 Å². The van der Waals surface area contributed by atoms with Crippen molar-refractivity contribution >= 4 is 10.4 Å². The molecule has 0 saturated heterocycles. The number of rotatable bonds is 18. The number of ether oxygens (including phenoxy) is 2. The van der Waals surface area contributed by atoms with Gasteiger partial charge in [-0.15, -0.1) is 0 Å². The second kappa shape index (κ2) is 18.5. The van der Waals surface area contributed by atoms with E-state index in [9.17, 15) is 8.42 Å². The van der Waals surface area contributed by atoms with Crippen molar-refractivity contribution in [2.24, 2.45) is 0 Å². The van der Waals surface area contributed by atoms with Crippen molar-refractivity contribution in [3.8, 4) is 0 Å². The third-order valence-electron chi connectivity index (χ3n) is 3.55. The van der Waals surface area contributed by atoms with Crippen LogP contribution < -0.4 is 0 Å². The van der Waals surface area contributed by atoms with Gasteiger partial charge in [-0.2, -0.15) is 8.42 Å². The van der Waals surface area contributed by atoms with Gasteiger partial charge in [0.25, 0.3) is 0 Å². The zero-order valence-corrected chi connectivity index (χ0v) is 16.1. The fourth-order valence-electron chi connectivity index (χ4n) is 2.34. The molecule has 1 atom stereocenters. The van der Waals surface area contributed by atoms with E-state index >= 15 is 0 Å². The number of hydrogen-bond donors (Lipinski definition) is 2. The van der Waals surface area contributed by atoms with Gasteiger partial charge < -0.3 is 20.1 Å². The third-order valence-corrected chi connectivity index (χ3v) is 4.06. The standard InChI is InChI=1S/C16H34O7S.H2O/c1-2-3-4-5-6-7-8-9-10-16(23-24(18,19)20)15-22-14-13-21-12-11-17;/h16-17H,2-15H2,1H3,(H,18,19,20);1H2. The molecule has 0 heterocycles. The molecule has 0 aliphatic carbocycles. The van der Waals surface area contributed by atoms with Crippen molar-refractivity contribution in [2.45, 2.75) is 70.8 Å². The maximum Gasteiger partial charge on any atom is 0.397 e. The van der Waals surface area contributed by atoms with E-state index in [-0.39, 0.29) is 31.9 Å². The van der Waals surface area contributed by atoms with Crippen LogP contribution in [0.4, 0.5) is 0 Å². The predicted octanol–water partition coefficient (Wildman–Crippen LogP) is 1.91. The summed E-state index contributed by atoms with van der Waals surface area (Å²) in [7, 11) is -4.48. The van der Waals surface area contributed by atoms with E-state index in [1.54, 1.807) is 0 Å². The number of unbranched alkanes of at least 4 members (excludes halogenated alkanes) is 7. The highest BCUT2D eigenvalue weighted by atomic mass is 32.3. The Hall–Kier alpha value is -0.290. The van der Waals surface area contributed by atoms with Gasteiger partial charge in [-0.05, 0) is 6.42 Å². The van der Waals surface area contributed by atoms with Crippen molar-refractivity contribution in [3.63, 3.8) is 0 Å². The molecule has 9 heteroatoms. The maximum atomic E-state index is 10.9. The van der Waals surface area contributed by atoms with Crippen molar-refractivity contribution in [1.29, 1.82) is 0 Å². The summed E-state index contributed by atoms with van der Waals surface area (Å²) >= 11 is 0. The summed E-state index contributed by atoms with van der Waals surface area (Å²) in [5, 5.41) is 8.56. The molecule has 0 aromatic carbocycles. The summed E-state index contributed by atoms with van der Waals surface area (Å²) in [6.07, 6.45) is 9.04. The van der Waals surface area contributed by atoms with Crippen LogP contribution in [0.3, 0.4) is 0 Å². The van der Waals surface area contributed by atoms with Crippen LogP contribution in [-0.2, 0) is 24.1 Å². The SMILES string of the molecule is CCCCCCCCCCC(COCCOCCO)OS(=O)(=O)O.O. The summed E-state index contributed by atoms with van der Waals surface area (Å²) in [6.45, 7) is 3.06. The molecule has 0 aromatic rings. The molecule has 154 valence electrons. The van der Waals surface area contributed by atoms with Crippen LogP contribution in [0.2, 0.25) is 0 Å². The monoisotopic (exact) mass is 388 g/mol. The van der Waals surface area contributed by atoms with E-state index in [2.05, 4.69) is 11.1 Å². The number of hydrogen-bond acceptors (Lipinski definition) is 6. The Balaban J connectivity index is 0. The zero-order chi connectivity index (χ0) is 18.1. The maximum absolute atomic E-state index is 10.9. The lowest BCUT2D eigenvalue weighted by Crippen LogP contribution is -2.24. The Morgan fingerprint density at radius 1 is 0.880 bits per heavy atom. The van der Waals surface area contributed by atoms with Gasteiger partial charge in [-0.25, -0.2) is 4.18 Å². The van der Waals surface area contributed by atoms with Crippen LogP contribution in [0, 0.1) is 0 Å². The van der Waals surface area contributed by atoms with Gasteiger partial charge in [-0.1, -0.05) is 58.3 Å². The Bertz CT molecular complexity index is 361. The molecule has 0 aromatic heterocycles. The fraction of sp³-hybridized carbons (Fsp3) is 1.00. The van der Waals surface area contributed by atoms with Gasteiger partial charge in [0.15, 0.2) is 0 Å². The Morgan fingerprint density at radius 3 is 2.00 bits per heavy atom. The van der Waals surface area contributed by atoms with Gasteiger partial charge in [0, 0.05) is 0 Å². The highest BCUT2D eigenvalue weighted by Gasteiger charge is 2.17. The average molecular weight is 389 g/mol. The molecule has 8 nitrogen and oxygen atoms in total. The Kier molecular flexibility index (Phi) is 19.9. The quantitative estimate of drug-likeness (QED) is 0.270. The lowest BCUT2D eigenvalue weighted by molar-refractivity contribution is 0.00140. The minimum absolute atomic E-state index is 0. The minimum Gasteiger partial charge on any atom is -0.412 e. The molecule has 0 radical (unpaired) electrons. The largest absolute Gasteiger partial charge is 0.412 e. The van der Waals surface area contributed by atoms with Crippen molar-refractivity contribution < 1.29 is 37.2 Å². The molecule has 4 N–H and O–H groups in total. The number of aliphatic hydroxyl groups excluding tert-OH is 1. The average Bonchev–Trinajstić information content (AvgIpc) is 2.51. The molecular weight excluding hydrogens is 352 g/mol. The van der Waals surface area contributed by atoms with Gasteiger partial charge in [0.1, 0.15) is 6.10 Å². The summed E-state index contributed by atoms with van der Waals surface area (Å²) in [4.78, 5) is 0. The van der Waals surface area contributed by atoms with Crippen molar-refractivity contribution in [3.05, 3.63) is 0 Å². The van der Waals surface area contributed by atoms with E-state index in [0.29, 0.717) is 13.0 Å². The topological polar surface area (TPSA) is 134 Å². The molecule has 25 heavy (non-hydrogen) atoms. The summed E-state index contributed by atoms with van der Waals surface area (Å²) in [5.74, 6) is 0. The summed E-state index contributed by atoms with van der Waals surface area (Å²) in [6, 6.07) is 0. The second-order valence-electron chi connectivity index (χ2n) is 5.82. The van der Waals surface area contributed by atoms with Gasteiger partial charge in [-0.3, -0.25) is 4.55 Å². The van der Waals surface area contributed by atoms with Crippen LogP contribution in [0.5, 0.6) is 0 Å². The highest BCUT2D eigenvalue weighted by Crippen LogP contribution is 2.13. The normalized spacial score (nSPS) is 12.8. The van der Waals surface area contributed by atoms with Crippen LogP contribution in [0.15, 0.2) is 0 Å². The molecule has 0 aliphatic rings.